The fourth-order valence-corrected chi connectivity index (χ4v) is 2.92. The summed E-state index contributed by atoms with van der Waals surface area (Å²) in [6, 6.07) is 5.05. The first-order valence-electron chi connectivity index (χ1n) is 8.69. The fraction of sp³-hybridized carbons (Fsp3) is 0.412. The van der Waals surface area contributed by atoms with Crippen LogP contribution in [0.25, 0.3) is 0 Å². The zero-order valence-electron chi connectivity index (χ0n) is 14.9. The number of nitrogens with one attached hydrogen (secondary N) is 2. The first-order valence-corrected chi connectivity index (χ1v) is 8.69. The average Bonchev–Trinajstić information content (AvgIpc) is 3.37. The van der Waals surface area contributed by atoms with Crippen LogP contribution in [0, 0.1) is 0 Å². The molecule has 2 aliphatic heterocycles. The molecule has 0 aliphatic carbocycles. The van der Waals surface area contributed by atoms with Crippen LogP contribution in [0.4, 0.5) is 16.4 Å². The highest BCUT2D eigenvalue weighted by Crippen LogP contribution is 2.34. The number of ether oxygens (including phenoxy) is 3. The molecule has 0 saturated carbocycles. The summed E-state index contributed by atoms with van der Waals surface area (Å²) in [6.07, 6.45) is 2.22. The van der Waals surface area contributed by atoms with Crippen molar-refractivity contribution in [1.82, 2.24) is 20.3 Å². The second-order valence-corrected chi connectivity index (χ2v) is 6.11. The molecule has 0 radical (unpaired) electrons. The summed E-state index contributed by atoms with van der Waals surface area (Å²) in [4.78, 5) is 27.2. The van der Waals surface area contributed by atoms with Crippen LogP contribution in [-0.2, 0) is 6.54 Å². The summed E-state index contributed by atoms with van der Waals surface area (Å²) in [7, 11) is 1.51. The summed E-state index contributed by atoms with van der Waals surface area (Å²) in [5, 5.41) is 5.48. The van der Waals surface area contributed by atoms with Crippen LogP contribution < -0.4 is 29.7 Å². The van der Waals surface area contributed by atoms with E-state index in [0.717, 1.165) is 25.9 Å². The third kappa shape index (κ3) is 3.94. The Bertz CT molecular complexity index is 840. The van der Waals surface area contributed by atoms with Gasteiger partial charge in [0.1, 0.15) is 0 Å². The quantitative estimate of drug-likeness (QED) is 0.813. The van der Waals surface area contributed by atoms with Gasteiger partial charge in [-0.25, -0.2) is 4.79 Å². The van der Waals surface area contributed by atoms with E-state index < -0.39 is 0 Å². The number of benzene rings is 1. The summed E-state index contributed by atoms with van der Waals surface area (Å²) < 4.78 is 15.7. The van der Waals surface area contributed by atoms with E-state index in [1.165, 1.54) is 7.11 Å². The van der Waals surface area contributed by atoms with Crippen LogP contribution in [-0.4, -0.2) is 48.0 Å². The Kier molecular flexibility index (Phi) is 4.77. The summed E-state index contributed by atoms with van der Waals surface area (Å²) in [6.45, 7) is 2.15. The standard InChI is InChI=1S/C17H20N6O4/c1-25-17-21-14(20-15(22-17)23-6-2-3-7-23)9-18-16(24)19-11-4-5-12-13(8-11)27-10-26-12/h4-5,8H,2-3,6-7,9-10H2,1H3,(H2,18,19,24). The Balaban J connectivity index is 1.38. The molecule has 4 rings (SSSR count). The van der Waals surface area contributed by atoms with Gasteiger partial charge in [0.05, 0.1) is 13.7 Å². The number of hydrogen-bond acceptors (Lipinski definition) is 8. The Morgan fingerprint density at radius 3 is 2.81 bits per heavy atom. The Labute approximate surface area is 155 Å². The molecule has 27 heavy (non-hydrogen) atoms. The Morgan fingerprint density at radius 1 is 1.19 bits per heavy atom. The number of carbonyl (C=O) groups is 1. The number of carbonyl (C=O) groups excluding carboxylic acids is 1. The molecule has 1 aromatic carbocycles. The van der Waals surface area contributed by atoms with Crippen LogP contribution >= 0.6 is 0 Å². The third-order valence-electron chi connectivity index (χ3n) is 4.26. The molecule has 0 bridgehead atoms. The Morgan fingerprint density at radius 2 is 2.00 bits per heavy atom. The van der Waals surface area contributed by atoms with E-state index in [-0.39, 0.29) is 25.4 Å². The number of nitrogens with zero attached hydrogens (tertiary/aromatic N) is 4. The number of fused-ring (bicyclic) bond motifs is 1. The van der Waals surface area contributed by atoms with Gasteiger partial charge in [-0.3, -0.25) is 0 Å². The molecule has 10 heteroatoms. The summed E-state index contributed by atoms with van der Waals surface area (Å²) in [5.41, 5.74) is 0.600. The predicted molar refractivity (Wildman–Crippen MR) is 96.2 cm³/mol. The molecule has 3 heterocycles. The van der Waals surface area contributed by atoms with E-state index >= 15 is 0 Å². The molecule has 142 valence electrons. The Hall–Kier alpha value is -3.30. The summed E-state index contributed by atoms with van der Waals surface area (Å²) >= 11 is 0. The molecule has 2 N–H and O–H groups in total. The number of hydrogen-bond donors (Lipinski definition) is 2. The van der Waals surface area contributed by atoms with Crippen molar-refractivity contribution in [3.05, 3.63) is 24.0 Å². The van der Waals surface area contributed by atoms with Crippen LogP contribution in [0.1, 0.15) is 18.7 Å². The topological polar surface area (TPSA) is 111 Å². The van der Waals surface area contributed by atoms with Gasteiger partial charge >= 0.3 is 12.0 Å². The fourth-order valence-electron chi connectivity index (χ4n) is 2.92. The molecule has 1 fully saturated rings. The van der Waals surface area contributed by atoms with Gasteiger partial charge < -0.3 is 29.7 Å². The number of aromatic nitrogens is 3. The van der Waals surface area contributed by atoms with Crippen molar-refractivity contribution in [2.24, 2.45) is 0 Å². The number of anilines is 2. The normalized spacial score (nSPS) is 14.9. The van der Waals surface area contributed by atoms with Crippen molar-refractivity contribution < 1.29 is 19.0 Å². The van der Waals surface area contributed by atoms with Crippen LogP contribution in [0.15, 0.2) is 18.2 Å². The largest absolute Gasteiger partial charge is 0.467 e. The van der Waals surface area contributed by atoms with Gasteiger partial charge in [0.25, 0.3) is 0 Å². The lowest BCUT2D eigenvalue weighted by atomic mass is 10.3. The molecular weight excluding hydrogens is 352 g/mol. The van der Waals surface area contributed by atoms with Crippen molar-refractivity contribution in [3.8, 4) is 17.5 Å². The van der Waals surface area contributed by atoms with Gasteiger partial charge in [0.2, 0.25) is 12.7 Å². The molecule has 1 saturated heterocycles. The van der Waals surface area contributed by atoms with Gasteiger partial charge in [-0.15, -0.1) is 0 Å². The van der Waals surface area contributed by atoms with Gasteiger partial charge in [0, 0.05) is 24.8 Å². The minimum absolute atomic E-state index is 0.149. The lowest BCUT2D eigenvalue weighted by Gasteiger charge is -2.16. The number of amides is 2. The SMILES string of the molecule is COc1nc(CNC(=O)Nc2ccc3c(c2)OCO3)nc(N2CCCC2)n1. The van der Waals surface area contributed by atoms with E-state index in [1.54, 1.807) is 18.2 Å². The van der Waals surface area contributed by atoms with E-state index in [4.69, 9.17) is 14.2 Å². The highest BCUT2D eigenvalue weighted by molar-refractivity contribution is 5.89. The highest BCUT2D eigenvalue weighted by Gasteiger charge is 2.18. The van der Waals surface area contributed by atoms with E-state index in [1.807, 2.05) is 0 Å². The molecule has 0 atom stereocenters. The lowest BCUT2D eigenvalue weighted by Crippen LogP contribution is -2.29. The summed E-state index contributed by atoms with van der Waals surface area (Å²) in [5.74, 6) is 2.27. The first kappa shape index (κ1) is 17.1. The maximum atomic E-state index is 12.2. The smallest absolute Gasteiger partial charge is 0.321 e. The van der Waals surface area contributed by atoms with Crippen molar-refractivity contribution in [2.45, 2.75) is 19.4 Å². The minimum atomic E-state index is -0.379. The van der Waals surface area contributed by atoms with E-state index in [2.05, 4.69) is 30.5 Å². The van der Waals surface area contributed by atoms with E-state index in [9.17, 15) is 4.79 Å². The van der Waals surface area contributed by atoms with Gasteiger partial charge in [-0.2, -0.15) is 15.0 Å². The highest BCUT2D eigenvalue weighted by atomic mass is 16.7. The minimum Gasteiger partial charge on any atom is -0.467 e. The van der Waals surface area contributed by atoms with Crippen LogP contribution in [0.5, 0.6) is 17.5 Å². The van der Waals surface area contributed by atoms with Crippen molar-refractivity contribution in [2.75, 3.05) is 37.2 Å². The maximum Gasteiger partial charge on any atom is 0.321 e. The number of urea groups is 1. The van der Waals surface area contributed by atoms with Crippen molar-refractivity contribution >= 4 is 17.7 Å². The van der Waals surface area contributed by atoms with Crippen LogP contribution in [0.2, 0.25) is 0 Å². The molecule has 1 aromatic heterocycles. The molecule has 2 aliphatic rings. The van der Waals surface area contributed by atoms with Gasteiger partial charge in [0.15, 0.2) is 17.3 Å². The first-order chi connectivity index (χ1) is 13.2. The van der Waals surface area contributed by atoms with Gasteiger partial charge in [-0.05, 0) is 25.0 Å². The average molecular weight is 372 g/mol. The maximum absolute atomic E-state index is 12.2. The second-order valence-electron chi connectivity index (χ2n) is 6.11. The van der Waals surface area contributed by atoms with Gasteiger partial charge in [-0.1, -0.05) is 0 Å². The number of methoxy groups -OCH3 is 1. The van der Waals surface area contributed by atoms with Crippen LogP contribution in [0.3, 0.4) is 0 Å². The zero-order chi connectivity index (χ0) is 18.6. The molecule has 2 amide bonds. The monoisotopic (exact) mass is 372 g/mol. The molecule has 0 unspecified atom stereocenters. The predicted octanol–water partition coefficient (Wildman–Crippen LogP) is 1.53. The molecule has 0 spiro atoms. The second kappa shape index (κ2) is 7.52. The van der Waals surface area contributed by atoms with E-state index in [0.29, 0.717) is 29.0 Å². The molecule has 10 nitrogen and oxygen atoms in total. The number of rotatable bonds is 5. The lowest BCUT2D eigenvalue weighted by molar-refractivity contribution is 0.174. The molecular formula is C17H20N6O4. The third-order valence-corrected chi connectivity index (χ3v) is 4.26. The van der Waals surface area contributed by atoms with Crippen molar-refractivity contribution in [3.63, 3.8) is 0 Å². The van der Waals surface area contributed by atoms with Crippen molar-refractivity contribution in [1.29, 1.82) is 0 Å². The zero-order valence-corrected chi connectivity index (χ0v) is 14.9. The molecule has 2 aromatic rings.